The molecule has 5 heteroatoms. The fraction of sp³-hybridized carbons (Fsp3) is 0.385. The zero-order valence-corrected chi connectivity index (χ0v) is 10.1. The van der Waals surface area contributed by atoms with E-state index in [0.717, 1.165) is 19.4 Å². The van der Waals surface area contributed by atoms with Crippen molar-refractivity contribution in [1.29, 1.82) is 5.26 Å². The highest BCUT2D eigenvalue weighted by Gasteiger charge is 2.22. The van der Waals surface area contributed by atoms with Gasteiger partial charge in [-0.15, -0.1) is 0 Å². The van der Waals surface area contributed by atoms with Gasteiger partial charge < -0.3 is 10.6 Å². The molecule has 0 aliphatic carbocycles. The number of nitrogens with zero attached hydrogens (tertiary/aromatic N) is 1. The highest BCUT2D eigenvalue weighted by molar-refractivity contribution is 5.95. The fourth-order valence-electron chi connectivity index (χ4n) is 2.00. The number of hydrogen-bond donors (Lipinski definition) is 2. The van der Waals surface area contributed by atoms with Crippen LogP contribution in [-0.4, -0.2) is 18.5 Å². The van der Waals surface area contributed by atoms with Gasteiger partial charge in [0.15, 0.2) is 0 Å². The minimum absolute atomic E-state index is 0.176. The number of carbonyl (C=O) groups is 1. The van der Waals surface area contributed by atoms with E-state index < -0.39 is 5.82 Å². The van der Waals surface area contributed by atoms with E-state index >= 15 is 0 Å². The van der Waals surface area contributed by atoms with Crippen molar-refractivity contribution in [2.24, 2.45) is 0 Å². The Kier molecular flexibility index (Phi) is 3.58. The van der Waals surface area contributed by atoms with Gasteiger partial charge >= 0.3 is 0 Å². The molecule has 0 aromatic heterocycles. The van der Waals surface area contributed by atoms with Gasteiger partial charge in [-0.25, -0.2) is 4.39 Å². The van der Waals surface area contributed by atoms with Gasteiger partial charge in [-0.3, -0.25) is 4.79 Å². The Hall–Kier alpha value is -1.93. The third kappa shape index (κ3) is 2.49. The molecule has 1 aromatic carbocycles. The molecule has 2 rings (SSSR count). The van der Waals surface area contributed by atoms with Crippen LogP contribution in [-0.2, 0) is 4.79 Å². The van der Waals surface area contributed by atoms with E-state index in [0.29, 0.717) is 11.3 Å². The summed E-state index contributed by atoms with van der Waals surface area (Å²) in [5, 5.41) is 14.5. The maximum atomic E-state index is 13.5. The Morgan fingerprint density at radius 1 is 1.61 bits per heavy atom. The van der Waals surface area contributed by atoms with Crippen molar-refractivity contribution < 1.29 is 9.18 Å². The Bertz CT molecular complexity index is 516. The molecular formula is C13H14FN3O. The average Bonchev–Trinajstić information content (AvgIpc) is 2.88. The lowest BCUT2D eigenvalue weighted by molar-refractivity contribution is -0.117. The highest BCUT2D eigenvalue weighted by Crippen LogP contribution is 2.21. The van der Waals surface area contributed by atoms with E-state index in [1.807, 2.05) is 6.07 Å². The summed E-state index contributed by atoms with van der Waals surface area (Å²) in [5.74, 6) is -0.658. The highest BCUT2D eigenvalue weighted by atomic mass is 19.1. The van der Waals surface area contributed by atoms with Crippen LogP contribution < -0.4 is 10.6 Å². The number of nitriles is 1. The number of rotatable bonds is 2. The fourth-order valence-corrected chi connectivity index (χ4v) is 2.00. The van der Waals surface area contributed by atoms with E-state index in [2.05, 4.69) is 10.6 Å². The first-order valence-electron chi connectivity index (χ1n) is 5.86. The Balaban J connectivity index is 2.20. The summed E-state index contributed by atoms with van der Waals surface area (Å²) in [6.45, 7) is 2.40. The van der Waals surface area contributed by atoms with Crippen molar-refractivity contribution in [1.82, 2.24) is 5.32 Å². The molecule has 0 saturated carbocycles. The summed E-state index contributed by atoms with van der Waals surface area (Å²) in [4.78, 5) is 11.9. The summed E-state index contributed by atoms with van der Waals surface area (Å²) in [5.41, 5.74) is 0.915. The molecular weight excluding hydrogens is 233 g/mol. The van der Waals surface area contributed by atoms with Crippen LogP contribution in [0.1, 0.15) is 24.0 Å². The van der Waals surface area contributed by atoms with Crippen molar-refractivity contribution in [3.05, 3.63) is 29.1 Å². The number of amides is 1. The summed E-state index contributed by atoms with van der Waals surface area (Å²) < 4.78 is 13.5. The van der Waals surface area contributed by atoms with E-state index in [4.69, 9.17) is 5.26 Å². The molecule has 1 fully saturated rings. The molecule has 0 radical (unpaired) electrons. The van der Waals surface area contributed by atoms with Crippen LogP contribution in [0.4, 0.5) is 10.1 Å². The predicted molar refractivity (Wildman–Crippen MR) is 65.5 cm³/mol. The van der Waals surface area contributed by atoms with Crippen LogP contribution in [0.25, 0.3) is 0 Å². The lowest BCUT2D eigenvalue weighted by atomic mass is 10.1. The minimum Gasteiger partial charge on any atom is -0.324 e. The van der Waals surface area contributed by atoms with Crippen LogP contribution in [0.3, 0.4) is 0 Å². The summed E-state index contributed by atoms with van der Waals surface area (Å²) in [6, 6.07) is 4.30. The van der Waals surface area contributed by atoms with E-state index in [1.54, 1.807) is 6.92 Å². The summed E-state index contributed by atoms with van der Waals surface area (Å²) >= 11 is 0. The first-order chi connectivity index (χ1) is 8.61. The second-order valence-electron chi connectivity index (χ2n) is 4.38. The van der Waals surface area contributed by atoms with Crippen molar-refractivity contribution in [2.75, 3.05) is 11.9 Å². The van der Waals surface area contributed by atoms with Gasteiger partial charge in [0.25, 0.3) is 0 Å². The van der Waals surface area contributed by atoms with Crippen molar-refractivity contribution in [3.63, 3.8) is 0 Å². The third-order valence-corrected chi connectivity index (χ3v) is 3.11. The minimum atomic E-state index is -0.483. The molecule has 1 aliphatic heterocycles. The number of halogens is 1. The molecule has 1 amide bonds. The molecule has 1 heterocycles. The van der Waals surface area contributed by atoms with Crippen LogP contribution >= 0.6 is 0 Å². The number of nitrogens with one attached hydrogen (secondary N) is 2. The van der Waals surface area contributed by atoms with Gasteiger partial charge in [0.2, 0.25) is 5.91 Å². The molecule has 1 aliphatic rings. The van der Waals surface area contributed by atoms with Crippen LogP contribution in [0.15, 0.2) is 12.1 Å². The van der Waals surface area contributed by atoms with Crippen LogP contribution in [0.2, 0.25) is 0 Å². The summed E-state index contributed by atoms with van der Waals surface area (Å²) in [6.07, 6.45) is 1.75. The zero-order chi connectivity index (χ0) is 13.1. The standard InChI is InChI=1S/C13H14FN3O/c1-8-10(14)5-9(7-15)6-12(8)17-13(18)11-3-2-4-16-11/h5-6,11,16H,2-4H2,1H3,(H,17,18)/t11-/m1/s1. The van der Waals surface area contributed by atoms with E-state index in [9.17, 15) is 9.18 Å². The first kappa shape index (κ1) is 12.5. The first-order valence-corrected chi connectivity index (χ1v) is 5.86. The van der Waals surface area contributed by atoms with Crippen LogP contribution in [0.5, 0.6) is 0 Å². The van der Waals surface area contributed by atoms with Gasteiger partial charge in [-0.2, -0.15) is 5.26 Å². The largest absolute Gasteiger partial charge is 0.324 e. The van der Waals surface area contributed by atoms with Gasteiger partial charge in [-0.1, -0.05) is 0 Å². The van der Waals surface area contributed by atoms with Crippen LogP contribution in [0, 0.1) is 24.1 Å². The lowest BCUT2D eigenvalue weighted by Gasteiger charge is -2.13. The normalized spacial score (nSPS) is 18.4. The SMILES string of the molecule is Cc1c(F)cc(C#N)cc1NC(=O)[C@H]1CCCN1. The molecule has 18 heavy (non-hydrogen) atoms. The monoisotopic (exact) mass is 247 g/mol. The smallest absolute Gasteiger partial charge is 0.241 e. The molecule has 94 valence electrons. The molecule has 0 bridgehead atoms. The summed E-state index contributed by atoms with van der Waals surface area (Å²) in [7, 11) is 0. The quantitative estimate of drug-likeness (QED) is 0.836. The molecule has 1 saturated heterocycles. The Labute approximate surface area is 105 Å². The van der Waals surface area contributed by atoms with Gasteiger partial charge in [0, 0.05) is 11.3 Å². The van der Waals surface area contributed by atoms with Gasteiger partial charge in [0.05, 0.1) is 17.7 Å². The molecule has 0 spiro atoms. The number of carbonyl (C=O) groups excluding carboxylic acids is 1. The molecule has 2 N–H and O–H groups in total. The number of benzene rings is 1. The van der Waals surface area contributed by atoms with Gasteiger partial charge in [0.1, 0.15) is 5.82 Å². The molecule has 1 atom stereocenters. The van der Waals surface area contributed by atoms with Crippen molar-refractivity contribution >= 4 is 11.6 Å². The maximum absolute atomic E-state index is 13.5. The molecule has 4 nitrogen and oxygen atoms in total. The number of hydrogen-bond acceptors (Lipinski definition) is 3. The maximum Gasteiger partial charge on any atom is 0.241 e. The Morgan fingerprint density at radius 3 is 3.00 bits per heavy atom. The topological polar surface area (TPSA) is 64.9 Å². The van der Waals surface area contributed by atoms with E-state index in [-0.39, 0.29) is 17.5 Å². The van der Waals surface area contributed by atoms with Gasteiger partial charge in [-0.05, 0) is 38.4 Å². The third-order valence-electron chi connectivity index (χ3n) is 3.11. The van der Waals surface area contributed by atoms with Crippen molar-refractivity contribution in [3.8, 4) is 6.07 Å². The van der Waals surface area contributed by atoms with E-state index in [1.165, 1.54) is 12.1 Å². The van der Waals surface area contributed by atoms with Crippen molar-refractivity contribution in [2.45, 2.75) is 25.8 Å². The zero-order valence-electron chi connectivity index (χ0n) is 10.1. The molecule has 1 aromatic rings. The predicted octanol–water partition coefficient (Wildman–Crippen LogP) is 1.70. The molecule has 0 unspecified atom stereocenters. The second kappa shape index (κ2) is 5.15. The lowest BCUT2D eigenvalue weighted by Crippen LogP contribution is -2.35. The number of anilines is 1. The second-order valence-corrected chi connectivity index (χ2v) is 4.38. The Morgan fingerprint density at radius 2 is 2.39 bits per heavy atom. The average molecular weight is 247 g/mol.